The second-order valence-corrected chi connectivity index (χ2v) is 7.22. The predicted molar refractivity (Wildman–Crippen MR) is 112 cm³/mol. The first kappa shape index (κ1) is 16.4. The zero-order valence-electron chi connectivity index (χ0n) is 14.1. The van der Waals surface area contributed by atoms with E-state index >= 15 is 0 Å². The van der Waals surface area contributed by atoms with E-state index in [1.165, 1.54) is 0 Å². The summed E-state index contributed by atoms with van der Waals surface area (Å²) in [5.41, 5.74) is 4.99. The minimum Gasteiger partial charge on any atom is -0.438 e. The van der Waals surface area contributed by atoms with Crippen LogP contribution in [0.15, 0.2) is 83.3 Å². The molecule has 5 rings (SSSR count). The lowest BCUT2D eigenvalue weighted by Crippen LogP contribution is -1.88. The highest BCUT2D eigenvalue weighted by Crippen LogP contribution is 2.42. The summed E-state index contributed by atoms with van der Waals surface area (Å²) in [4.78, 5) is 4.70. The molecule has 3 aromatic rings. The monoisotopic (exact) mass is 389 g/mol. The molecule has 2 aliphatic rings. The van der Waals surface area contributed by atoms with Crippen LogP contribution in [-0.4, -0.2) is 4.98 Å². The fourth-order valence-corrected chi connectivity index (χ4v) is 3.60. The molecule has 130 valence electrons. The molecule has 27 heavy (non-hydrogen) atoms. The van der Waals surface area contributed by atoms with Gasteiger partial charge in [-0.15, -0.1) is 0 Å². The molecule has 3 aromatic carbocycles. The molecule has 0 saturated carbocycles. The van der Waals surface area contributed by atoms with Crippen molar-refractivity contribution >= 4 is 34.1 Å². The minimum atomic E-state index is 0.619. The summed E-state index contributed by atoms with van der Waals surface area (Å²) >= 11 is 12.1. The molecule has 0 spiro atoms. The molecule has 0 aliphatic carbocycles. The second-order valence-electron chi connectivity index (χ2n) is 6.35. The van der Waals surface area contributed by atoms with Gasteiger partial charge in [-0.05, 0) is 59.7 Å². The first-order valence-corrected chi connectivity index (χ1v) is 9.29. The van der Waals surface area contributed by atoms with Gasteiger partial charge < -0.3 is 4.42 Å². The summed E-state index contributed by atoms with van der Waals surface area (Å²) < 4.78 is 6.18. The van der Waals surface area contributed by atoms with Crippen LogP contribution in [0.5, 0.6) is 0 Å². The van der Waals surface area contributed by atoms with Crippen LogP contribution in [0.4, 0.5) is 0 Å². The van der Waals surface area contributed by atoms with E-state index in [1.54, 1.807) is 0 Å². The number of benzene rings is 3. The third-order valence-electron chi connectivity index (χ3n) is 4.64. The lowest BCUT2D eigenvalue weighted by molar-refractivity contribution is 0.569. The molecule has 0 radical (unpaired) electrons. The van der Waals surface area contributed by atoms with E-state index in [9.17, 15) is 0 Å². The molecule has 0 saturated heterocycles. The second kappa shape index (κ2) is 6.41. The van der Waals surface area contributed by atoms with Crippen LogP contribution in [0, 0.1) is 0 Å². The molecule has 0 unspecified atom stereocenters. The highest BCUT2D eigenvalue weighted by atomic mass is 35.5. The molecule has 0 aromatic heterocycles. The van der Waals surface area contributed by atoms with E-state index in [2.05, 4.69) is 12.1 Å². The van der Waals surface area contributed by atoms with E-state index < -0.39 is 0 Å². The molecular formula is C23H13Cl2NO. The van der Waals surface area contributed by atoms with E-state index in [4.69, 9.17) is 32.6 Å². The van der Waals surface area contributed by atoms with Crippen molar-refractivity contribution in [3.05, 3.63) is 88.9 Å². The molecule has 0 bridgehead atoms. The summed E-state index contributed by atoms with van der Waals surface area (Å²) in [6, 6.07) is 25.6. The normalized spacial score (nSPS) is 11.3. The highest BCUT2D eigenvalue weighted by Gasteiger charge is 2.21. The van der Waals surface area contributed by atoms with Crippen LogP contribution in [-0.2, 0) is 0 Å². The molecule has 4 heteroatoms. The van der Waals surface area contributed by atoms with Gasteiger partial charge in [-0.2, -0.15) is 0 Å². The average molecular weight is 390 g/mol. The highest BCUT2D eigenvalue weighted by molar-refractivity contribution is 6.31. The Morgan fingerprint density at radius 2 is 1.33 bits per heavy atom. The molecule has 0 atom stereocenters. The van der Waals surface area contributed by atoms with E-state index in [1.807, 2.05) is 66.7 Å². The summed E-state index contributed by atoms with van der Waals surface area (Å²) in [7, 11) is 0. The molecule has 2 aliphatic heterocycles. The van der Waals surface area contributed by atoms with Gasteiger partial charge in [0.25, 0.3) is 0 Å². The SMILES string of the molecule is Clc1ccc(-c2cc(-c3ccc(Cl)cc3)c3c4ccccc4nc-3o2)cc1. The van der Waals surface area contributed by atoms with Gasteiger partial charge in [-0.25, -0.2) is 4.98 Å². The standard InChI is InChI=1S/C23H13Cl2NO/c24-16-9-5-14(6-10-16)19-13-21(15-7-11-17(25)12-8-15)27-23-22(19)18-3-1-2-4-20(18)26-23/h1-13H. The Morgan fingerprint density at radius 1 is 0.704 bits per heavy atom. The zero-order chi connectivity index (χ0) is 18.4. The largest absolute Gasteiger partial charge is 0.438 e. The maximum absolute atomic E-state index is 6.18. The van der Waals surface area contributed by atoms with Gasteiger partial charge in [0, 0.05) is 21.0 Å². The third kappa shape index (κ3) is 2.87. The van der Waals surface area contributed by atoms with Crippen LogP contribution in [0.25, 0.3) is 44.8 Å². The Morgan fingerprint density at radius 3 is 2.04 bits per heavy atom. The Balaban J connectivity index is 1.83. The Kier molecular flexibility index (Phi) is 3.89. The number of nitrogens with zero attached hydrogens (tertiary/aromatic N) is 1. The van der Waals surface area contributed by atoms with Gasteiger partial charge >= 0.3 is 0 Å². The van der Waals surface area contributed by atoms with Crippen molar-refractivity contribution in [2.24, 2.45) is 0 Å². The topological polar surface area (TPSA) is 26.0 Å². The fourth-order valence-electron chi connectivity index (χ4n) is 3.35. The first-order chi connectivity index (χ1) is 13.2. The maximum Gasteiger partial charge on any atom is 0.228 e. The summed E-state index contributed by atoms with van der Waals surface area (Å²) in [6.45, 7) is 0. The van der Waals surface area contributed by atoms with E-state index in [0.29, 0.717) is 15.9 Å². The van der Waals surface area contributed by atoms with Gasteiger partial charge in [0.2, 0.25) is 5.89 Å². The number of fused-ring (bicyclic) bond motifs is 3. The van der Waals surface area contributed by atoms with E-state index in [-0.39, 0.29) is 0 Å². The molecular weight excluding hydrogens is 377 g/mol. The van der Waals surface area contributed by atoms with Crippen molar-refractivity contribution in [3.63, 3.8) is 0 Å². The summed E-state index contributed by atoms with van der Waals surface area (Å²) in [6.07, 6.45) is 0. The van der Waals surface area contributed by atoms with Crippen LogP contribution >= 0.6 is 23.2 Å². The third-order valence-corrected chi connectivity index (χ3v) is 5.15. The van der Waals surface area contributed by atoms with Crippen molar-refractivity contribution in [1.29, 1.82) is 0 Å². The van der Waals surface area contributed by atoms with Gasteiger partial charge in [-0.3, -0.25) is 0 Å². The molecule has 0 fully saturated rings. The van der Waals surface area contributed by atoms with Crippen LogP contribution in [0.3, 0.4) is 0 Å². The lowest BCUT2D eigenvalue weighted by atomic mass is 9.97. The predicted octanol–water partition coefficient (Wildman–Crippen LogP) is 7.57. The van der Waals surface area contributed by atoms with Gasteiger partial charge in [0.15, 0.2) is 0 Å². The first-order valence-electron chi connectivity index (χ1n) is 8.53. The minimum absolute atomic E-state index is 0.619. The van der Waals surface area contributed by atoms with Gasteiger partial charge in [0.05, 0.1) is 11.1 Å². The number of halogens is 2. The van der Waals surface area contributed by atoms with Gasteiger partial charge in [0.1, 0.15) is 5.76 Å². The Hall–Kier alpha value is -2.81. The van der Waals surface area contributed by atoms with Crippen LogP contribution < -0.4 is 0 Å². The zero-order valence-corrected chi connectivity index (χ0v) is 15.6. The van der Waals surface area contributed by atoms with Gasteiger partial charge in [-0.1, -0.05) is 53.5 Å². The average Bonchev–Trinajstić information content (AvgIpc) is 3.07. The molecule has 2 nitrogen and oxygen atoms in total. The smallest absolute Gasteiger partial charge is 0.228 e. The van der Waals surface area contributed by atoms with Crippen LogP contribution in [0.2, 0.25) is 10.0 Å². The molecule has 0 amide bonds. The van der Waals surface area contributed by atoms with Crippen molar-refractivity contribution in [2.75, 3.05) is 0 Å². The van der Waals surface area contributed by atoms with Crippen molar-refractivity contribution in [1.82, 2.24) is 4.98 Å². The lowest BCUT2D eigenvalue weighted by Gasteiger charge is -2.11. The van der Waals surface area contributed by atoms with Crippen molar-refractivity contribution in [3.8, 4) is 33.9 Å². The number of hydrogen-bond donors (Lipinski definition) is 0. The Labute approximate surface area is 166 Å². The summed E-state index contributed by atoms with van der Waals surface area (Å²) in [5, 5.41) is 2.47. The quantitative estimate of drug-likeness (QED) is 0.311. The number of rotatable bonds is 2. The Bertz CT molecular complexity index is 1220. The number of aromatic nitrogens is 1. The molecule has 2 heterocycles. The van der Waals surface area contributed by atoms with Crippen molar-refractivity contribution in [2.45, 2.75) is 0 Å². The number of hydrogen-bond acceptors (Lipinski definition) is 2. The fraction of sp³-hybridized carbons (Fsp3) is 0. The van der Waals surface area contributed by atoms with E-state index in [0.717, 1.165) is 38.9 Å². The maximum atomic E-state index is 6.18. The molecule has 0 N–H and O–H groups in total. The number of para-hydroxylation sites is 1. The summed E-state index contributed by atoms with van der Waals surface area (Å²) in [5.74, 6) is 1.36. The van der Waals surface area contributed by atoms with Crippen molar-refractivity contribution < 1.29 is 4.42 Å². The van der Waals surface area contributed by atoms with Crippen LogP contribution in [0.1, 0.15) is 0 Å².